The van der Waals surface area contributed by atoms with E-state index >= 15 is 0 Å². The van der Waals surface area contributed by atoms with Gasteiger partial charge in [0.2, 0.25) is 0 Å². The van der Waals surface area contributed by atoms with Gasteiger partial charge in [0.05, 0.1) is 0 Å². The van der Waals surface area contributed by atoms with Crippen LogP contribution in [-0.4, -0.2) is 47.5 Å². The number of nitrogens with zero attached hydrogens (tertiary/aromatic N) is 2. The van der Waals surface area contributed by atoms with Crippen molar-refractivity contribution in [3.63, 3.8) is 0 Å². The Morgan fingerprint density at radius 1 is 1.08 bits per heavy atom. The highest BCUT2D eigenvalue weighted by Crippen LogP contribution is 2.18. The van der Waals surface area contributed by atoms with E-state index in [1.54, 1.807) is 24.5 Å². The van der Waals surface area contributed by atoms with Crippen LogP contribution in [0.1, 0.15) is 15.9 Å². The molecule has 1 fully saturated rings. The minimum atomic E-state index is -0.929. The molecule has 3 rings (SSSR count). The first-order valence-corrected chi connectivity index (χ1v) is 9.94. The lowest BCUT2D eigenvalue weighted by Gasteiger charge is -2.36. The van der Waals surface area contributed by atoms with Crippen LogP contribution in [0.15, 0.2) is 48.5 Å². The predicted molar refractivity (Wildman–Crippen MR) is 98.7 cm³/mol. The summed E-state index contributed by atoms with van der Waals surface area (Å²) >= 11 is 0. The zero-order valence-corrected chi connectivity index (χ0v) is 15.0. The highest BCUT2D eigenvalue weighted by atomic mass is 32.2. The molecular weight excluding hydrogens is 339 g/mol. The van der Waals surface area contributed by atoms with Crippen LogP contribution in [0.25, 0.3) is 0 Å². The lowest BCUT2D eigenvalue weighted by Crippen LogP contribution is -2.48. The largest absolute Gasteiger partial charge is 0.368 e. The van der Waals surface area contributed by atoms with Gasteiger partial charge in [-0.3, -0.25) is 9.00 Å². The first-order valence-electron chi connectivity index (χ1n) is 8.22. The molecular formula is C19H21FN2O2S. The van der Waals surface area contributed by atoms with E-state index in [2.05, 4.69) is 4.90 Å². The molecule has 1 aliphatic heterocycles. The van der Waals surface area contributed by atoms with Gasteiger partial charge in [-0.2, -0.15) is 0 Å². The van der Waals surface area contributed by atoms with E-state index in [1.165, 1.54) is 12.1 Å². The first-order chi connectivity index (χ1) is 12.0. The van der Waals surface area contributed by atoms with Gasteiger partial charge in [-0.1, -0.05) is 12.1 Å². The summed E-state index contributed by atoms with van der Waals surface area (Å²) in [6.45, 7) is 2.69. The molecule has 6 heteroatoms. The number of carbonyl (C=O) groups is 1. The summed E-state index contributed by atoms with van der Waals surface area (Å²) in [7, 11) is -0.929. The van der Waals surface area contributed by atoms with Crippen molar-refractivity contribution in [2.24, 2.45) is 0 Å². The summed E-state index contributed by atoms with van der Waals surface area (Å²) in [5.74, 6) is 0.215. The molecule has 1 aliphatic rings. The van der Waals surface area contributed by atoms with E-state index in [4.69, 9.17) is 0 Å². The zero-order chi connectivity index (χ0) is 17.8. The van der Waals surface area contributed by atoms with Crippen molar-refractivity contribution in [2.45, 2.75) is 5.75 Å². The molecule has 0 aromatic heterocycles. The Kier molecular flexibility index (Phi) is 5.48. The normalized spacial score (nSPS) is 15.9. The summed E-state index contributed by atoms with van der Waals surface area (Å²) < 4.78 is 24.4. The third-order valence-corrected chi connectivity index (χ3v) is 5.04. The molecule has 0 N–H and O–H groups in total. The fourth-order valence-electron chi connectivity index (χ4n) is 3.03. The molecule has 1 unspecified atom stereocenters. The van der Waals surface area contributed by atoms with Crippen LogP contribution < -0.4 is 4.90 Å². The van der Waals surface area contributed by atoms with E-state index in [0.717, 1.165) is 24.3 Å². The van der Waals surface area contributed by atoms with Crippen LogP contribution in [0.3, 0.4) is 0 Å². The molecule has 0 spiro atoms. The van der Waals surface area contributed by atoms with Gasteiger partial charge in [-0.05, 0) is 42.0 Å². The summed E-state index contributed by atoms with van der Waals surface area (Å²) in [6, 6.07) is 13.8. The SMILES string of the molecule is CS(=O)Cc1cccc(C(=O)N2CCN(c3ccc(F)cc3)CC2)c1. The molecule has 2 aromatic carbocycles. The Morgan fingerprint density at radius 2 is 1.76 bits per heavy atom. The van der Waals surface area contributed by atoms with Gasteiger partial charge in [0, 0.05) is 60.2 Å². The van der Waals surface area contributed by atoms with Gasteiger partial charge in [0.1, 0.15) is 5.82 Å². The Hall–Kier alpha value is -2.21. The van der Waals surface area contributed by atoms with Gasteiger partial charge in [0.15, 0.2) is 0 Å². The predicted octanol–water partition coefficient (Wildman–Crippen LogP) is 2.67. The maximum Gasteiger partial charge on any atom is 0.253 e. The number of piperazine rings is 1. The fourth-order valence-corrected chi connectivity index (χ4v) is 3.68. The van der Waals surface area contributed by atoms with Crippen molar-refractivity contribution in [3.8, 4) is 0 Å². The molecule has 1 atom stereocenters. The van der Waals surface area contributed by atoms with E-state index < -0.39 is 10.8 Å². The van der Waals surface area contributed by atoms with Gasteiger partial charge < -0.3 is 9.80 Å². The van der Waals surface area contributed by atoms with Crippen molar-refractivity contribution in [1.82, 2.24) is 4.90 Å². The van der Waals surface area contributed by atoms with E-state index in [9.17, 15) is 13.4 Å². The number of rotatable bonds is 4. The quantitative estimate of drug-likeness (QED) is 0.842. The lowest BCUT2D eigenvalue weighted by atomic mass is 10.1. The van der Waals surface area contributed by atoms with Crippen LogP contribution >= 0.6 is 0 Å². The molecule has 2 aromatic rings. The minimum Gasteiger partial charge on any atom is -0.368 e. The second kappa shape index (κ2) is 7.78. The Morgan fingerprint density at radius 3 is 2.40 bits per heavy atom. The van der Waals surface area contributed by atoms with Gasteiger partial charge in [-0.15, -0.1) is 0 Å². The van der Waals surface area contributed by atoms with Crippen molar-refractivity contribution in [3.05, 3.63) is 65.5 Å². The molecule has 1 saturated heterocycles. The van der Waals surface area contributed by atoms with Crippen molar-refractivity contribution in [1.29, 1.82) is 0 Å². The summed E-state index contributed by atoms with van der Waals surface area (Å²) in [6.07, 6.45) is 1.66. The van der Waals surface area contributed by atoms with E-state index in [-0.39, 0.29) is 11.7 Å². The number of anilines is 1. The average molecular weight is 360 g/mol. The summed E-state index contributed by atoms with van der Waals surface area (Å²) in [4.78, 5) is 16.7. The van der Waals surface area contributed by atoms with E-state index in [0.29, 0.717) is 24.4 Å². The van der Waals surface area contributed by atoms with Crippen molar-refractivity contribution >= 4 is 22.4 Å². The standard InChI is InChI=1S/C19H21FN2O2S/c1-25(24)14-15-3-2-4-16(13-15)19(23)22-11-9-21(10-12-22)18-7-5-17(20)6-8-18/h2-8,13H,9-12,14H2,1H3. The molecule has 0 bridgehead atoms. The molecule has 1 amide bonds. The highest BCUT2D eigenvalue weighted by Gasteiger charge is 2.22. The first kappa shape index (κ1) is 17.6. The maximum atomic E-state index is 13.0. The Balaban J connectivity index is 1.63. The number of halogens is 1. The molecule has 132 valence electrons. The smallest absolute Gasteiger partial charge is 0.253 e. The average Bonchev–Trinajstić information content (AvgIpc) is 2.62. The van der Waals surface area contributed by atoms with E-state index in [1.807, 2.05) is 23.1 Å². The van der Waals surface area contributed by atoms with Crippen molar-refractivity contribution < 1.29 is 13.4 Å². The molecule has 0 aliphatic carbocycles. The van der Waals surface area contributed by atoms with Crippen LogP contribution in [0.2, 0.25) is 0 Å². The monoisotopic (exact) mass is 360 g/mol. The molecule has 0 saturated carbocycles. The molecule has 4 nitrogen and oxygen atoms in total. The lowest BCUT2D eigenvalue weighted by molar-refractivity contribution is 0.0746. The zero-order valence-electron chi connectivity index (χ0n) is 14.2. The topological polar surface area (TPSA) is 40.6 Å². The summed E-state index contributed by atoms with van der Waals surface area (Å²) in [5.41, 5.74) is 2.52. The third kappa shape index (κ3) is 4.45. The maximum absolute atomic E-state index is 13.0. The number of carbonyl (C=O) groups excluding carboxylic acids is 1. The number of hydrogen-bond acceptors (Lipinski definition) is 3. The summed E-state index contributed by atoms with van der Waals surface area (Å²) in [5, 5.41) is 0. The van der Waals surface area contributed by atoms with Crippen LogP contribution in [-0.2, 0) is 16.6 Å². The van der Waals surface area contributed by atoms with Crippen LogP contribution in [0.5, 0.6) is 0 Å². The van der Waals surface area contributed by atoms with Crippen LogP contribution in [0, 0.1) is 5.82 Å². The highest BCUT2D eigenvalue weighted by molar-refractivity contribution is 7.83. The molecule has 1 heterocycles. The second-order valence-electron chi connectivity index (χ2n) is 6.17. The minimum absolute atomic E-state index is 0.00231. The fraction of sp³-hybridized carbons (Fsp3) is 0.316. The third-order valence-electron chi connectivity index (χ3n) is 4.30. The van der Waals surface area contributed by atoms with Crippen molar-refractivity contribution in [2.75, 3.05) is 37.3 Å². The number of amides is 1. The van der Waals surface area contributed by atoms with Gasteiger partial charge in [0.25, 0.3) is 5.91 Å². The van der Waals surface area contributed by atoms with Gasteiger partial charge in [-0.25, -0.2) is 4.39 Å². The Bertz CT molecular complexity index is 771. The van der Waals surface area contributed by atoms with Crippen LogP contribution in [0.4, 0.5) is 10.1 Å². The number of benzene rings is 2. The number of hydrogen-bond donors (Lipinski definition) is 0. The second-order valence-corrected chi connectivity index (χ2v) is 7.61. The Labute approximate surface area is 149 Å². The molecule has 0 radical (unpaired) electrons. The molecule has 25 heavy (non-hydrogen) atoms. The van der Waals surface area contributed by atoms with Gasteiger partial charge >= 0.3 is 0 Å².